The Morgan fingerprint density at radius 3 is 2.57 bits per heavy atom. The average Bonchev–Trinajstić information content (AvgIpc) is 3.57. The number of amides is 2. The van der Waals surface area contributed by atoms with Crippen molar-refractivity contribution >= 4 is 51.6 Å². The zero-order chi connectivity index (χ0) is 33.0. The maximum Gasteiger partial charge on any atom is 0.246 e. The first-order chi connectivity index (χ1) is 22.1. The highest BCUT2D eigenvalue weighted by Gasteiger charge is 2.41. The van der Waals surface area contributed by atoms with Crippen molar-refractivity contribution in [3.8, 4) is 5.75 Å². The molecule has 1 saturated carbocycles. The molecule has 10 nitrogen and oxygen atoms in total. The Balaban J connectivity index is 1.40. The molecule has 5 rings (SSSR count). The molecule has 2 heterocycles. The van der Waals surface area contributed by atoms with Gasteiger partial charge in [-0.05, 0) is 63.8 Å². The Morgan fingerprint density at radius 2 is 1.85 bits per heavy atom. The minimum Gasteiger partial charge on any atom is -0.496 e. The molecule has 13 heteroatoms. The number of benzene rings is 2. The largest absolute Gasteiger partial charge is 0.496 e. The number of nitrogens with zero attached hydrogens (tertiary/aromatic N) is 3. The molecule has 3 N–H and O–H groups in total. The van der Waals surface area contributed by atoms with E-state index in [1.165, 1.54) is 19.5 Å². The van der Waals surface area contributed by atoms with Crippen molar-refractivity contribution in [1.82, 2.24) is 25.5 Å². The summed E-state index contributed by atoms with van der Waals surface area (Å²) in [4.78, 5) is 51.0. The Morgan fingerprint density at radius 1 is 1.09 bits per heavy atom. The van der Waals surface area contributed by atoms with E-state index in [2.05, 4.69) is 25.9 Å². The third kappa shape index (κ3) is 7.07. The number of aromatic nitrogens is 2. The second-order valence-electron chi connectivity index (χ2n) is 12.0. The van der Waals surface area contributed by atoms with Crippen LogP contribution in [0.1, 0.15) is 57.4 Å². The third-order valence-corrected chi connectivity index (χ3v) is 9.46. The Hall–Kier alpha value is -3.90. The van der Waals surface area contributed by atoms with Crippen molar-refractivity contribution in [3.63, 3.8) is 0 Å². The van der Waals surface area contributed by atoms with Gasteiger partial charge in [-0.1, -0.05) is 30.9 Å². The first kappa shape index (κ1) is 33.5. The number of fused-ring (bicyclic) bond motifs is 1. The average molecular weight is 657 g/mol. The number of methoxy groups -OCH3 is 1. The minimum atomic E-state index is -0.966. The molecule has 0 spiro atoms. The van der Waals surface area contributed by atoms with Gasteiger partial charge in [-0.15, -0.1) is 0 Å². The fraction of sp³-hybridized carbons (Fsp3) is 0.485. The van der Waals surface area contributed by atoms with Crippen LogP contribution in [0.4, 0.5) is 20.3 Å². The van der Waals surface area contributed by atoms with Gasteiger partial charge in [-0.2, -0.15) is 0 Å². The summed E-state index contributed by atoms with van der Waals surface area (Å²) in [6.45, 7) is 2.17. The van der Waals surface area contributed by atoms with E-state index in [9.17, 15) is 23.2 Å². The molecular formula is C33H39ClF2N6O4. The Kier molecular flexibility index (Phi) is 10.7. The Labute approximate surface area is 271 Å². The van der Waals surface area contributed by atoms with Crippen LogP contribution in [0.25, 0.3) is 10.9 Å². The summed E-state index contributed by atoms with van der Waals surface area (Å²) in [5, 5.41) is 8.61. The van der Waals surface area contributed by atoms with Gasteiger partial charge in [0.05, 0.1) is 30.4 Å². The van der Waals surface area contributed by atoms with E-state index in [4.69, 9.17) is 16.3 Å². The number of nitrogens with one attached hydrogen (secondary N) is 3. The molecule has 3 atom stereocenters. The van der Waals surface area contributed by atoms with Gasteiger partial charge >= 0.3 is 0 Å². The van der Waals surface area contributed by atoms with E-state index < -0.39 is 34.8 Å². The number of rotatable bonds is 11. The van der Waals surface area contributed by atoms with Gasteiger partial charge in [-0.3, -0.25) is 14.4 Å². The first-order valence-corrected chi connectivity index (χ1v) is 16.0. The van der Waals surface area contributed by atoms with Gasteiger partial charge in [-0.25, -0.2) is 18.7 Å². The number of Topliss-reactive ketones (excluding diaryl/α,β-unsaturated/α-hetero) is 1. The van der Waals surface area contributed by atoms with Gasteiger partial charge in [0.2, 0.25) is 11.8 Å². The third-order valence-electron chi connectivity index (χ3n) is 9.11. The van der Waals surface area contributed by atoms with Crippen LogP contribution in [-0.2, 0) is 20.8 Å². The predicted octanol–water partition coefficient (Wildman–Crippen LogP) is 5.09. The molecule has 1 aliphatic carbocycles. The lowest BCUT2D eigenvalue weighted by molar-refractivity contribution is -0.142. The van der Waals surface area contributed by atoms with Gasteiger partial charge in [0.25, 0.3) is 0 Å². The summed E-state index contributed by atoms with van der Waals surface area (Å²) in [5.41, 5.74) is 0.928. The lowest BCUT2D eigenvalue weighted by Gasteiger charge is -2.35. The highest BCUT2D eigenvalue weighted by Crippen LogP contribution is 2.34. The SMILES string of the molecule is CN[C@@H](C)C(=O)N[C@H](C(=O)N1CCC[C@H]1C(=O)Cc1cc2c(Nc3ccc(F)c(Cl)c3F)ncnc2cc1OC)C1CCCCC1. The summed E-state index contributed by atoms with van der Waals surface area (Å²) in [6.07, 6.45) is 7.22. The molecule has 2 amide bonds. The number of likely N-dealkylation sites (tertiary alicyclic amines) is 1. The quantitative estimate of drug-likeness (QED) is 0.244. The predicted molar refractivity (Wildman–Crippen MR) is 171 cm³/mol. The zero-order valence-corrected chi connectivity index (χ0v) is 26.9. The fourth-order valence-corrected chi connectivity index (χ4v) is 6.58. The van der Waals surface area contributed by atoms with Gasteiger partial charge in [0, 0.05) is 30.0 Å². The standard InChI is InChI=1S/C33H39ClF2N6O4/c1-18(37-2)32(44)41-30(19-8-5-4-6-9-19)33(45)42-13-7-10-25(42)26(43)15-20-14-21-24(16-27(20)46-3)38-17-39-31(21)40-23-12-11-22(35)28(34)29(23)36/h11-12,14,16-19,25,30,37H,4-10,13,15H2,1-3H3,(H,41,44)(H,38,39,40)/t18-,25-,30-/m0/s1. The van der Waals surface area contributed by atoms with E-state index in [1.807, 2.05) is 0 Å². The monoisotopic (exact) mass is 656 g/mol. The van der Waals surface area contributed by atoms with Crippen molar-refractivity contribution < 1.29 is 27.9 Å². The van der Waals surface area contributed by atoms with Crippen molar-refractivity contribution in [2.45, 2.75) is 76.4 Å². The van der Waals surface area contributed by atoms with E-state index in [0.29, 0.717) is 41.6 Å². The topological polar surface area (TPSA) is 126 Å². The molecule has 1 aromatic heterocycles. The molecule has 2 aliphatic rings. The zero-order valence-electron chi connectivity index (χ0n) is 26.2. The smallest absolute Gasteiger partial charge is 0.246 e. The van der Waals surface area contributed by atoms with Crippen molar-refractivity contribution in [1.29, 1.82) is 0 Å². The number of carbonyl (C=O) groups is 3. The second kappa shape index (κ2) is 14.7. The van der Waals surface area contributed by atoms with Gasteiger partial charge in [0.15, 0.2) is 11.6 Å². The first-order valence-electron chi connectivity index (χ1n) is 15.7. The number of halogens is 3. The maximum absolute atomic E-state index is 14.7. The number of anilines is 2. The van der Waals surface area contributed by atoms with Crippen molar-refractivity contribution in [2.24, 2.45) is 5.92 Å². The van der Waals surface area contributed by atoms with Gasteiger partial charge in [0.1, 0.15) is 34.8 Å². The number of likely N-dealkylation sites (N-methyl/N-ethyl adjacent to an activating group) is 1. The fourth-order valence-electron chi connectivity index (χ4n) is 6.41. The summed E-state index contributed by atoms with van der Waals surface area (Å²) in [7, 11) is 3.18. The normalized spacial score (nSPS) is 18.3. The summed E-state index contributed by atoms with van der Waals surface area (Å²) in [6, 6.07) is 3.81. The summed E-state index contributed by atoms with van der Waals surface area (Å²) < 4.78 is 34.0. The molecule has 246 valence electrons. The molecule has 0 unspecified atom stereocenters. The van der Waals surface area contributed by atoms with Crippen LogP contribution in [0, 0.1) is 17.6 Å². The summed E-state index contributed by atoms with van der Waals surface area (Å²) >= 11 is 5.77. The highest BCUT2D eigenvalue weighted by atomic mass is 35.5. The minimum absolute atomic E-state index is 0.0120. The van der Waals surface area contributed by atoms with Crippen molar-refractivity contribution in [2.75, 3.05) is 26.0 Å². The van der Waals surface area contributed by atoms with Gasteiger partial charge < -0.3 is 25.6 Å². The van der Waals surface area contributed by atoms with Crippen LogP contribution in [0.3, 0.4) is 0 Å². The van der Waals surface area contributed by atoms with E-state index >= 15 is 0 Å². The molecule has 1 saturated heterocycles. The van der Waals surface area contributed by atoms with Crippen LogP contribution in [0.15, 0.2) is 30.6 Å². The highest BCUT2D eigenvalue weighted by molar-refractivity contribution is 6.31. The second-order valence-corrected chi connectivity index (χ2v) is 12.4. The number of hydrogen-bond donors (Lipinski definition) is 3. The molecule has 2 aromatic carbocycles. The van der Waals surface area contributed by atoms with E-state index in [1.54, 1.807) is 31.0 Å². The molecule has 2 fully saturated rings. The lowest BCUT2D eigenvalue weighted by atomic mass is 9.83. The molecule has 1 aliphatic heterocycles. The van der Waals surface area contributed by atoms with Crippen LogP contribution < -0.4 is 20.7 Å². The Bertz CT molecular complexity index is 1620. The summed E-state index contributed by atoms with van der Waals surface area (Å²) in [5.74, 6) is -1.82. The van der Waals surface area contributed by atoms with Crippen LogP contribution in [0.5, 0.6) is 5.75 Å². The van der Waals surface area contributed by atoms with Crippen LogP contribution in [-0.4, -0.2) is 71.3 Å². The van der Waals surface area contributed by atoms with Crippen LogP contribution >= 0.6 is 11.6 Å². The maximum atomic E-state index is 14.7. The van der Waals surface area contributed by atoms with Crippen LogP contribution in [0.2, 0.25) is 5.02 Å². The van der Waals surface area contributed by atoms with E-state index in [-0.39, 0.29) is 41.4 Å². The molecule has 46 heavy (non-hydrogen) atoms. The van der Waals surface area contributed by atoms with E-state index in [0.717, 1.165) is 38.2 Å². The molecular weight excluding hydrogens is 618 g/mol. The number of hydrogen-bond acceptors (Lipinski definition) is 8. The lowest BCUT2D eigenvalue weighted by Crippen LogP contribution is -2.57. The number of carbonyl (C=O) groups excluding carboxylic acids is 3. The molecule has 0 bridgehead atoms. The number of ketones is 1. The van der Waals surface area contributed by atoms with Crippen molar-refractivity contribution in [3.05, 3.63) is 52.8 Å². The molecule has 0 radical (unpaired) electrons. The molecule has 3 aromatic rings. The number of ether oxygens (including phenoxy) is 1.